The third-order valence-corrected chi connectivity index (χ3v) is 6.66. The summed E-state index contributed by atoms with van der Waals surface area (Å²) >= 11 is 0. The van der Waals surface area contributed by atoms with Crippen LogP contribution in [0, 0.1) is 12.8 Å². The van der Waals surface area contributed by atoms with Gasteiger partial charge in [0, 0.05) is 53.6 Å². The molecule has 0 radical (unpaired) electrons. The quantitative estimate of drug-likeness (QED) is 0.260. The van der Waals surface area contributed by atoms with Gasteiger partial charge in [0.1, 0.15) is 11.3 Å². The molecule has 2 aromatic carbocycles. The summed E-state index contributed by atoms with van der Waals surface area (Å²) in [6.45, 7) is 6.50. The molecule has 38 heavy (non-hydrogen) atoms. The molecule has 8 heteroatoms. The zero-order valence-electron chi connectivity index (χ0n) is 22.3. The number of carbonyl (C=O) groups excluding carboxylic acids is 1. The van der Waals surface area contributed by atoms with Gasteiger partial charge < -0.3 is 24.5 Å². The van der Waals surface area contributed by atoms with E-state index < -0.39 is 5.97 Å². The molecule has 0 saturated carbocycles. The Morgan fingerprint density at radius 2 is 1.79 bits per heavy atom. The van der Waals surface area contributed by atoms with Crippen molar-refractivity contribution in [2.24, 2.45) is 5.92 Å². The fraction of sp³-hybridized carbons (Fsp3) is 0.300. The van der Waals surface area contributed by atoms with E-state index in [2.05, 4.69) is 37.1 Å². The van der Waals surface area contributed by atoms with Crippen LogP contribution in [0.25, 0.3) is 22.1 Å². The highest BCUT2D eigenvalue weighted by Gasteiger charge is 2.24. The standard InChI is InChI=1S/C30H33N3O5/c1-18(2)28(32-23-10-6-20(7-11-23)30(36)33(4)15-14-27(34)35)29-19(3)24-16-21(8-12-25(24)38-29)22-9-13-26(37-5)31-17-22/h6-13,16-18,28,32H,14-15H2,1-5H3,(H,34,35). The molecule has 1 unspecified atom stereocenters. The van der Waals surface area contributed by atoms with Gasteiger partial charge in [-0.1, -0.05) is 19.9 Å². The first kappa shape index (κ1) is 26.7. The van der Waals surface area contributed by atoms with Crippen molar-refractivity contribution < 1.29 is 23.8 Å². The molecule has 2 heterocycles. The van der Waals surface area contributed by atoms with E-state index in [1.54, 1.807) is 32.5 Å². The average Bonchev–Trinajstić information content (AvgIpc) is 3.25. The van der Waals surface area contributed by atoms with Crippen molar-refractivity contribution in [1.82, 2.24) is 9.88 Å². The molecule has 0 aliphatic carbocycles. The van der Waals surface area contributed by atoms with Gasteiger partial charge in [-0.05, 0) is 60.9 Å². The van der Waals surface area contributed by atoms with E-state index in [1.807, 2.05) is 36.4 Å². The Kier molecular flexibility index (Phi) is 8.00. The zero-order valence-corrected chi connectivity index (χ0v) is 22.3. The second-order valence-electron chi connectivity index (χ2n) is 9.71. The number of methoxy groups -OCH3 is 1. The number of hydrogen-bond acceptors (Lipinski definition) is 6. The van der Waals surface area contributed by atoms with E-state index in [-0.39, 0.29) is 30.8 Å². The monoisotopic (exact) mass is 515 g/mol. The molecule has 1 amide bonds. The highest BCUT2D eigenvalue weighted by Crippen LogP contribution is 2.37. The van der Waals surface area contributed by atoms with Gasteiger partial charge in [0.05, 0.1) is 19.6 Å². The zero-order chi connectivity index (χ0) is 27.4. The third kappa shape index (κ3) is 5.80. The number of carbonyl (C=O) groups is 2. The van der Waals surface area contributed by atoms with E-state index in [0.717, 1.165) is 39.1 Å². The number of rotatable bonds is 10. The predicted octanol–water partition coefficient (Wildman–Crippen LogP) is 6.17. The number of aryl methyl sites for hydroxylation is 1. The van der Waals surface area contributed by atoms with Gasteiger partial charge in [0.15, 0.2) is 0 Å². The minimum atomic E-state index is -0.932. The van der Waals surface area contributed by atoms with Crippen LogP contribution < -0.4 is 10.1 Å². The fourth-order valence-corrected chi connectivity index (χ4v) is 4.40. The summed E-state index contributed by atoms with van der Waals surface area (Å²) < 4.78 is 11.5. The number of ether oxygens (including phenoxy) is 1. The first-order chi connectivity index (χ1) is 18.2. The lowest BCUT2D eigenvalue weighted by molar-refractivity contribution is -0.137. The number of pyridine rings is 1. The highest BCUT2D eigenvalue weighted by atomic mass is 16.5. The molecule has 2 aromatic heterocycles. The molecule has 0 fully saturated rings. The maximum absolute atomic E-state index is 12.6. The first-order valence-electron chi connectivity index (χ1n) is 12.5. The minimum absolute atomic E-state index is 0.0895. The van der Waals surface area contributed by atoms with Gasteiger partial charge in [-0.3, -0.25) is 9.59 Å². The van der Waals surface area contributed by atoms with Crippen molar-refractivity contribution in [3.05, 3.63) is 77.7 Å². The number of nitrogens with zero attached hydrogens (tertiary/aromatic N) is 2. The lowest BCUT2D eigenvalue weighted by Crippen LogP contribution is -2.29. The van der Waals surface area contributed by atoms with Crippen LogP contribution in [-0.4, -0.2) is 47.6 Å². The normalized spacial score (nSPS) is 11.9. The number of nitrogens with one attached hydrogen (secondary N) is 1. The summed E-state index contributed by atoms with van der Waals surface area (Å²) in [5, 5.41) is 13.5. The number of anilines is 1. The number of furan rings is 1. The maximum Gasteiger partial charge on any atom is 0.305 e. The van der Waals surface area contributed by atoms with E-state index in [4.69, 9.17) is 14.3 Å². The Hall–Kier alpha value is -4.33. The van der Waals surface area contributed by atoms with Crippen molar-refractivity contribution in [1.29, 1.82) is 0 Å². The summed E-state index contributed by atoms with van der Waals surface area (Å²) in [7, 11) is 3.20. The van der Waals surface area contributed by atoms with Crippen molar-refractivity contribution in [3.63, 3.8) is 0 Å². The summed E-state index contributed by atoms with van der Waals surface area (Å²) in [5.41, 5.74) is 5.30. The largest absolute Gasteiger partial charge is 0.481 e. The Bertz CT molecular complexity index is 1430. The Balaban J connectivity index is 1.56. The average molecular weight is 516 g/mol. The first-order valence-corrected chi connectivity index (χ1v) is 12.5. The molecule has 4 aromatic rings. The molecular weight excluding hydrogens is 482 g/mol. The van der Waals surface area contributed by atoms with Crippen molar-refractivity contribution in [3.8, 4) is 17.0 Å². The summed E-state index contributed by atoms with van der Waals surface area (Å²) in [5.74, 6) is 0.523. The molecule has 8 nitrogen and oxygen atoms in total. The Morgan fingerprint density at radius 3 is 2.39 bits per heavy atom. The number of hydrogen-bond donors (Lipinski definition) is 2. The highest BCUT2D eigenvalue weighted by molar-refractivity contribution is 5.94. The van der Waals surface area contributed by atoms with Gasteiger partial charge in [-0.2, -0.15) is 0 Å². The maximum atomic E-state index is 12.6. The van der Waals surface area contributed by atoms with E-state index >= 15 is 0 Å². The number of aromatic nitrogens is 1. The van der Waals surface area contributed by atoms with Gasteiger partial charge in [-0.25, -0.2) is 4.98 Å². The lowest BCUT2D eigenvalue weighted by Gasteiger charge is -2.23. The van der Waals surface area contributed by atoms with E-state index in [1.165, 1.54) is 4.90 Å². The molecule has 1 atom stereocenters. The van der Waals surface area contributed by atoms with Crippen LogP contribution in [0.15, 0.2) is 65.2 Å². The second-order valence-corrected chi connectivity index (χ2v) is 9.71. The van der Waals surface area contributed by atoms with Gasteiger partial charge in [-0.15, -0.1) is 0 Å². The fourth-order valence-electron chi connectivity index (χ4n) is 4.40. The van der Waals surface area contributed by atoms with Crippen LogP contribution in [0.5, 0.6) is 5.88 Å². The van der Waals surface area contributed by atoms with Gasteiger partial charge >= 0.3 is 5.97 Å². The molecule has 4 rings (SSSR count). The summed E-state index contributed by atoms with van der Waals surface area (Å²) in [6, 6.07) is 17.1. The molecule has 0 aliphatic rings. The van der Waals surface area contributed by atoms with Crippen LogP contribution in [0.4, 0.5) is 5.69 Å². The number of aliphatic carboxylic acids is 1. The Morgan fingerprint density at radius 1 is 1.08 bits per heavy atom. The van der Waals surface area contributed by atoms with Crippen molar-refractivity contribution in [2.45, 2.75) is 33.2 Å². The van der Waals surface area contributed by atoms with Gasteiger partial charge in [0.2, 0.25) is 5.88 Å². The molecule has 0 bridgehead atoms. The Labute approximate surface area is 222 Å². The second kappa shape index (κ2) is 11.4. The smallest absolute Gasteiger partial charge is 0.305 e. The van der Waals surface area contributed by atoms with E-state index in [0.29, 0.717) is 11.4 Å². The van der Waals surface area contributed by atoms with E-state index in [9.17, 15) is 9.59 Å². The third-order valence-electron chi connectivity index (χ3n) is 6.66. The summed E-state index contributed by atoms with van der Waals surface area (Å²) in [4.78, 5) is 29.2. The molecule has 0 aliphatic heterocycles. The van der Waals surface area contributed by atoms with Gasteiger partial charge in [0.25, 0.3) is 5.91 Å². The molecule has 2 N–H and O–H groups in total. The van der Waals surface area contributed by atoms with Crippen LogP contribution in [-0.2, 0) is 4.79 Å². The van der Waals surface area contributed by atoms with Crippen molar-refractivity contribution >= 4 is 28.5 Å². The SMILES string of the molecule is COc1ccc(-c2ccc3oc(C(Nc4ccc(C(=O)N(C)CCC(=O)O)cc4)C(C)C)c(C)c3c2)cn1. The molecule has 198 valence electrons. The number of fused-ring (bicyclic) bond motifs is 1. The number of carboxylic acids is 1. The topological polar surface area (TPSA) is 105 Å². The van der Waals surface area contributed by atoms with Crippen LogP contribution in [0.3, 0.4) is 0 Å². The predicted molar refractivity (Wildman–Crippen MR) is 148 cm³/mol. The molecule has 0 saturated heterocycles. The number of amides is 1. The minimum Gasteiger partial charge on any atom is -0.481 e. The molecule has 0 spiro atoms. The number of carboxylic acid groups (broad SMARTS) is 1. The van der Waals surface area contributed by atoms with Crippen LogP contribution in [0.1, 0.15) is 48.0 Å². The van der Waals surface area contributed by atoms with Crippen LogP contribution >= 0.6 is 0 Å². The van der Waals surface area contributed by atoms with Crippen molar-refractivity contribution in [2.75, 3.05) is 26.0 Å². The number of benzene rings is 2. The summed E-state index contributed by atoms with van der Waals surface area (Å²) in [6.07, 6.45) is 1.71. The van der Waals surface area contributed by atoms with Crippen LogP contribution in [0.2, 0.25) is 0 Å². The molecular formula is C30H33N3O5. The lowest BCUT2D eigenvalue weighted by atomic mass is 9.97.